The Morgan fingerprint density at radius 1 is 1.21 bits per heavy atom. The number of carboxylic acids is 1. The molecule has 2 aromatic rings. The first kappa shape index (κ1) is 17.0. The Morgan fingerprint density at radius 2 is 2.00 bits per heavy atom. The first-order chi connectivity index (χ1) is 11.6. The van der Waals surface area contributed by atoms with Gasteiger partial charge in [0.05, 0.1) is 12.2 Å². The van der Waals surface area contributed by atoms with Gasteiger partial charge in [-0.25, -0.2) is 4.79 Å². The highest BCUT2D eigenvalue weighted by molar-refractivity contribution is 6.30. The van der Waals surface area contributed by atoms with E-state index in [0.29, 0.717) is 18.7 Å². The highest BCUT2D eigenvalue weighted by atomic mass is 35.5. The van der Waals surface area contributed by atoms with E-state index in [4.69, 9.17) is 21.4 Å². The van der Waals surface area contributed by atoms with Crippen LogP contribution in [0.15, 0.2) is 48.5 Å². The summed E-state index contributed by atoms with van der Waals surface area (Å²) >= 11 is 5.96. The smallest absolute Gasteiger partial charge is 0.335 e. The van der Waals surface area contributed by atoms with Crippen LogP contribution in [0.2, 0.25) is 5.02 Å². The molecule has 5 heteroatoms. The van der Waals surface area contributed by atoms with Crippen molar-refractivity contribution in [3.8, 4) is 0 Å². The summed E-state index contributed by atoms with van der Waals surface area (Å²) in [4.78, 5) is 11.1. The Labute approximate surface area is 146 Å². The normalized spacial score (nSPS) is 20.2. The lowest BCUT2D eigenvalue weighted by Gasteiger charge is -2.29. The van der Waals surface area contributed by atoms with Gasteiger partial charge in [-0.3, -0.25) is 0 Å². The molecule has 0 saturated carbocycles. The molecule has 0 radical (unpaired) electrons. The van der Waals surface area contributed by atoms with Gasteiger partial charge in [0.1, 0.15) is 0 Å². The Hall–Kier alpha value is -1.88. The van der Waals surface area contributed by atoms with Crippen LogP contribution in [-0.2, 0) is 17.7 Å². The number of aromatic carboxylic acids is 1. The van der Waals surface area contributed by atoms with Crippen LogP contribution < -0.4 is 5.32 Å². The molecule has 2 aromatic carbocycles. The molecule has 1 fully saturated rings. The topological polar surface area (TPSA) is 58.6 Å². The van der Waals surface area contributed by atoms with E-state index in [-0.39, 0.29) is 5.54 Å². The SMILES string of the molecule is O=C(O)c1cccc(CNC2(Cc3ccc(Cl)cc3)CCOC2)c1. The number of halogens is 1. The van der Waals surface area contributed by atoms with E-state index in [9.17, 15) is 4.79 Å². The van der Waals surface area contributed by atoms with E-state index >= 15 is 0 Å². The summed E-state index contributed by atoms with van der Waals surface area (Å²) < 4.78 is 5.62. The van der Waals surface area contributed by atoms with Gasteiger partial charge in [-0.05, 0) is 48.2 Å². The summed E-state index contributed by atoms with van der Waals surface area (Å²) in [6, 6.07) is 14.9. The fourth-order valence-electron chi connectivity index (χ4n) is 3.05. The molecule has 1 aliphatic heterocycles. The van der Waals surface area contributed by atoms with E-state index in [1.54, 1.807) is 18.2 Å². The average molecular weight is 346 g/mol. The van der Waals surface area contributed by atoms with Gasteiger partial charge >= 0.3 is 5.97 Å². The Kier molecular flexibility index (Phi) is 5.19. The number of carbonyl (C=O) groups is 1. The van der Waals surface area contributed by atoms with Gasteiger partial charge in [0.2, 0.25) is 0 Å². The van der Waals surface area contributed by atoms with Crippen LogP contribution in [0.5, 0.6) is 0 Å². The van der Waals surface area contributed by atoms with Crippen LogP contribution in [0.25, 0.3) is 0 Å². The fraction of sp³-hybridized carbons (Fsp3) is 0.316. The van der Waals surface area contributed by atoms with Gasteiger partial charge in [0.15, 0.2) is 0 Å². The van der Waals surface area contributed by atoms with Crippen molar-refractivity contribution in [1.82, 2.24) is 5.32 Å². The minimum Gasteiger partial charge on any atom is -0.478 e. The second kappa shape index (κ2) is 7.34. The minimum absolute atomic E-state index is 0.132. The lowest BCUT2D eigenvalue weighted by molar-refractivity contribution is 0.0696. The van der Waals surface area contributed by atoms with Crippen molar-refractivity contribution in [1.29, 1.82) is 0 Å². The molecule has 126 valence electrons. The van der Waals surface area contributed by atoms with Crippen LogP contribution >= 0.6 is 11.6 Å². The van der Waals surface area contributed by atoms with E-state index in [2.05, 4.69) is 5.32 Å². The largest absolute Gasteiger partial charge is 0.478 e. The van der Waals surface area contributed by atoms with Gasteiger partial charge < -0.3 is 15.2 Å². The predicted molar refractivity (Wildman–Crippen MR) is 93.6 cm³/mol. The van der Waals surface area contributed by atoms with Crippen LogP contribution in [0.4, 0.5) is 0 Å². The first-order valence-electron chi connectivity index (χ1n) is 7.96. The van der Waals surface area contributed by atoms with Gasteiger partial charge in [0, 0.05) is 23.7 Å². The molecule has 2 N–H and O–H groups in total. The van der Waals surface area contributed by atoms with E-state index < -0.39 is 5.97 Å². The van der Waals surface area contributed by atoms with E-state index in [1.165, 1.54) is 5.56 Å². The molecule has 1 aliphatic rings. The molecule has 4 nitrogen and oxygen atoms in total. The third-order valence-corrected chi connectivity index (χ3v) is 4.65. The van der Waals surface area contributed by atoms with Gasteiger partial charge in [-0.15, -0.1) is 0 Å². The second-order valence-corrected chi connectivity index (χ2v) is 6.68. The molecule has 1 unspecified atom stereocenters. The maximum atomic E-state index is 11.1. The number of ether oxygens (including phenoxy) is 1. The Bertz CT molecular complexity index is 709. The maximum Gasteiger partial charge on any atom is 0.335 e. The van der Waals surface area contributed by atoms with Crippen LogP contribution in [-0.4, -0.2) is 29.8 Å². The fourth-order valence-corrected chi connectivity index (χ4v) is 3.17. The molecular formula is C19H20ClNO3. The quantitative estimate of drug-likeness (QED) is 0.841. The van der Waals surface area contributed by atoms with Crippen molar-refractivity contribution in [2.45, 2.75) is 24.9 Å². The third kappa shape index (κ3) is 4.15. The molecular weight excluding hydrogens is 326 g/mol. The first-order valence-corrected chi connectivity index (χ1v) is 8.34. The highest BCUT2D eigenvalue weighted by Gasteiger charge is 2.34. The second-order valence-electron chi connectivity index (χ2n) is 6.25. The van der Waals surface area contributed by atoms with E-state index in [1.807, 2.05) is 30.3 Å². The summed E-state index contributed by atoms with van der Waals surface area (Å²) in [7, 11) is 0. The molecule has 0 bridgehead atoms. The summed E-state index contributed by atoms with van der Waals surface area (Å²) in [5, 5.41) is 13.4. The molecule has 24 heavy (non-hydrogen) atoms. The molecule has 0 aromatic heterocycles. The maximum absolute atomic E-state index is 11.1. The Morgan fingerprint density at radius 3 is 2.67 bits per heavy atom. The van der Waals surface area contributed by atoms with E-state index in [0.717, 1.165) is 30.0 Å². The standard InChI is InChI=1S/C19H20ClNO3/c20-17-6-4-14(5-7-17)11-19(8-9-24-13-19)21-12-15-2-1-3-16(10-15)18(22)23/h1-7,10,21H,8-9,11-13H2,(H,22,23). The number of carboxylic acid groups (broad SMARTS) is 1. The highest BCUT2D eigenvalue weighted by Crippen LogP contribution is 2.25. The number of nitrogens with one attached hydrogen (secondary N) is 1. The molecule has 3 rings (SSSR count). The van der Waals surface area contributed by atoms with Crippen LogP contribution in [0.3, 0.4) is 0 Å². The molecule has 1 atom stereocenters. The number of hydrogen-bond donors (Lipinski definition) is 2. The summed E-state index contributed by atoms with van der Waals surface area (Å²) in [5.74, 6) is -0.906. The van der Waals surface area contributed by atoms with Crippen molar-refractivity contribution in [2.24, 2.45) is 0 Å². The zero-order chi connectivity index (χ0) is 17.0. The van der Waals surface area contributed by atoms with Gasteiger partial charge in [-0.1, -0.05) is 35.9 Å². The van der Waals surface area contributed by atoms with Crippen molar-refractivity contribution in [2.75, 3.05) is 13.2 Å². The van der Waals surface area contributed by atoms with Crippen molar-refractivity contribution >= 4 is 17.6 Å². The average Bonchev–Trinajstić information content (AvgIpc) is 3.04. The predicted octanol–water partition coefficient (Wildman–Crippen LogP) is 3.53. The van der Waals surface area contributed by atoms with Crippen molar-refractivity contribution in [3.63, 3.8) is 0 Å². The van der Waals surface area contributed by atoms with Crippen LogP contribution in [0.1, 0.15) is 27.9 Å². The van der Waals surface area contributed by atoms with Gasteiger partial charge in [-0.2, -0.15) is 0 Å². The van der Waals surface area contributed by atoms with Gasteiger partial charge in [0.25, 0.3) is 0 Å². The number of rotatable bonds is 6. The zero-order valence-corrected chi connectivity index (χ0v) is 14.1. The van der Waals surface area contributed by atoms with Crippen molar-refractivity contribution in [3.05, 3.63) is 70.2 Å². The lowest BCUT2D eigenvalue weighted by Crippen LogP contribution is -2.47. The number of hydrogen-bond acceptors (Lipinski definition) is 3. The van der Waals surface area contributed by atoms with Crippen molar-refractivity contribution < 1.29 is 14.6 Å². The zero-order valence-electron chi connectivity index (χ0n) is 13.3. The summed E-state index contributed by atoms with van der Waals surface area (Å²) in [6.07, 6.45) is 1.77. The number of benzene rings is 2. The minimum atomic E-state index is -0.906. The molecule has 1 saturated heterocycles. The lowest BCUT2D eigenvalue weighted by atomic mass is 9.89. The molecule has 0 amide bonds. The van der Waals surface area contributed by atoms with Crippen LogP contribution in [0, 0.1) is 0 Å². The molecule has 0 aliphatic carbocycles. The third-order valence-electron chi connectivity index (χ3n) is 4.40. The monoisotopic (exact) mass is 345 g/mol. The summed E-state index contributed by atoms with van der Waals surface area (Å²) in [5.41, 5.74) is 2.34. The Balaban J connectivity index is 1.71. The molecule has 1 heterocycles. The summed E-state index contributed by atoms with van der Waals surface area (Å²) in [6.45, 7) is 1.99. The molecule has 0 spiro atoms.